The van der Waals surface area contributed by atoms with Gasteiger partial charge in [0.05, 0.1) is 19.3 Å². The van der Waals surface area contributed by atoms with E-state index in [9.17, 15) is 9.59 Å². The smallest absolute Gasteiger partial charge is 0.412 e. The lowest BCUT2D eigenvalue weighted by Crippen LogP contribution is -2.26. The lowest BCUT2D eigenvalue weighted by Gasteiger charge is -2.22. The number of fused-ring (bicyclic) bond motifs is 3. The van der Waals surface area contributed by atoms with Crippen molar-refractivity contribution < 1.29 is 19.1 Å². The Balaban J connectivity index is 1.57. The molecule has 0 radical (unpaired) electrons. The van der Waals surface area contributed by atoms with Gasteiger partial charge in [0.1, 0.15) is 18.2 Å². The van der Waals surface area contributed by atoms with Gasteiger partial charge in [0, 0.05) is 11.1 Å². The molecule has 7 nitrogen and oxygen atoms in total. The number of methoxy groups -OCH3 is 1. The van der Waals surface area contributed by atoms with Gasteiger partial charge < -0.3 is 14.8 Å². The van der Waals surface area contributed by atoms with E-state index in [-0.39, 0.29) is 11.9 Å². The van der Waals surface area contributed by atoms with Crippen LogP contribution in [0.3, 0.4) is 0 Å². The number of aromatic nitrogens is 1. The Labute approximate surface area is 174 Å². The normalized spacial score (nSPS) is 12.6. The Bertz CT molecular complexity index is 1100. The molecule has 1 aliphatic rings. The van der Waals surface area contributed by atoms with Gasteiger partial charge in [0.2, 0.25) is 0 Å². The molecule has 0 unspecified atom stereocenters. The molecular weight excluding hydrogens is 382 g/mol. The summed E-state index contributed by atoms with van der Waals surface area (Å²) in [5.41, 5.74) is 4.21. The summed E-state index contributed by atoms with van der Waals surface area (Å²) in [6, 6.07) is 16.9. The number of nitrogens with one attached hydrogen (secondary N) is 2. The van der Waals surface area contributed by atoms with Gasteiger partial charge in [-0.1, -0.05) is 36.4 Å². The molecule has 0 fully saturated rings. The van der Waals surface area contributed by atoms with Crippen LogP contribution in [0.4, 0.5) is 10.6 Å². The second-order valence-electron chi connectivity index (χ2n) is 6.95. The molecular formula is C23H21N3O4. The van der Waals surface area contributed by atoms with E-state index < -0.39 is 6.09 Å². The standard InChI is InChI=1S/C23H21N3O4/c1-14(15-6-4-3-5-7-15)25-22(27)16-8-9-18-17(10-16)13-30-20-12-24-21(11-19(18)20)26-23(28)29-2/h3-12,14H,13H2,1-2H3,(H,25,27)(H,24,26,28)/t14-/m1/s1. The number of hydrogen-bond acceptors (Lipinski definition) is 5. The van der Waals surface area contributed by atoms with Crippen LogP contribution in [0, 0.1) is 0 Å². The third kappa shape index (κ3) is 3.96. The summed E-state index contributed by atoms with van der Waals surface area (Å²) in [5, 5.41) is 5.57. The van der Waals surface area contributed by atoms with E-state index >= 15 is 0 Å². The van der Waals surface area contributed by atoms with E-state index in [1.54, 1.807) is 18.3 Å². The van der Waals surface area contributed by atoms with E-state index in [1.165, 1.54) is 7.11 Å². The SMILES string of the molecule is COC(=O)Nc1cc2c(cn1)OCc1cc(C(=O)N[C@H](C)c3ccccc3)ccc1-2. The highest BCUT2D eigenvalue weighted by molar-refractivity contribution is 5.96. The number of pyridine rings is 1. The van der Waals surface area contributed by atoms with Gasteiger partial charge in [-0.05, 0) is 41.8 Å². The number of carbonyl (C=O) groups excluding carboxylic acids is 2. The van der Waals surface area contributed by atoms with Gasteiger partial charge in [-0.3, -0.25) is 10.1 Å². The van der Waals surface area contributed by atoms with Crippen LogP contribution in [0.1, 0.15) is 34.5 Å². The van der Waals surface area contributed by atoms with Crippen molar-refractivity contribution in [1.29, 1.82) is 0 Å². The average Bonchev–Trinajstić information content (AvgIpc) is 2.79. The molecule has 0 saturated heterocycles. The van der Waals surface area contributed by atoms with Gasteiger partial charge >= 0.3 is 6.09 Å². The highest BCUT2D eigenvalue weighted by Crippen LogP contribution is 2.38. The van der Waals surface area contributed by atoms with E-state index in [4.69, 9.17) is 4.74 Å². The zero-order chi connectivity index (χ0) is 21.1. The lowest BCUT2D eigenvalue weighted by atomic mass is 9.95. The van der Waals surface area contributed by atoms with E-state index in [0.717, 1.165) is 22.3 Å². The van der Waals surface area contributed by atoms with Crippen LogP contribution in [0.5, 0.6) is 5.75 Å². The molecule has 2 N–H and O–H groups in total. The second kappa shape index (κ2) is 8.24. The zero-order valence-electron chi connectivity index (χ0n) is 16.6. The quantitative estimate of drug-likeness (QED) is 0.678. The van der Waals surface area contributed by atoms with Crippen molar-refractivity contribution in [1.82, 2.24) is 10.3 Å². The fourth-order valence-electron chi connectivity index (χ4n) is 3.37. The molecule has 3 aromatic rings. The first-order chi connectivity index (χ1) is 14.5. The van der Waals surface area contributed by atoms with Crippen LogP contribution >= 0.6 is 0 Å². The van der Waals surface area contributed by atoms with Crippen molar-refractivity contribution in [3.8, 4) is 16.9 Å². The number of nitrogens with zero attached hydrogens (tertiary/aromatic N) is 1. The predicted octanol–water partition coefficient (Wildman–Crippen LogP) is 4.31. The first kappa shape index (κ1) is 19.4. The van der Waals surface area contributed by atoms with Crippen molar-refractivity contribution >= 4 is 17.8 Å². The Hall–Kier alpha value is -3.87. The first-order valence-corrected chi connectivity index (χ1v) is 9.52. The second-order valence-corrected chi connectivity index (χ2v) is 6.95. The predicted molar refractivity (Wildman–Crippen MR) is 112 cm³/mol. The molecule has 2 heterocycles. The van der Waals surface area contributed by atoms with Crippen molar-refractivity contribution in [3.05, 3.63) is 77.5 Å². The van der Waals surface area contributed by atoms with Crippen LogP contribution in [-0.4, -0.2) is 24.1 Å². The fourth-order valence-corrected chi connectivity index (χ4v) is 3.37. The Morgan fingerprint density at radius 3 is 2.67 bits per heavy atom. The molecule has 1 atom stereocenters. The van der Waals surface area contributed by atoms with Crippen LogP contribution in [-0.2, 0) is 11.3 Å². The summed E-state index contributed by atoms with van der Waals surface area (Å²) < 4.78 is 10.4. The van der Waals surface area contributed by atoms with Crippen molar-refractivity contribution in [2.45, 2.75) is 19.6 Å². The maximum Gasteiger partial charge on any atom is 0.412 e. The highest BCUT2D eigenvalue weighted by Gasteiger charge is 2.21. The summed E-state index contributed by atoms with van der Waals surface area (Å²) in [6.07, 6.45) is 0.963. The number of rotatable bonds is 4. The fraction of sp³-hybridized carbons (Fsp3) is 0.174. The van der Waals surface area contributed by atoms with Gasteiger partial charge in [0.15, 0.2) is 0 Å². The lowest BCUT2D eigenvalue weighted by molar-refractivity contribution is 0.0939. The first-order valence-electron chi connectivity index (χ1n) is 9.52. The van der Waals surface area contributed by atoms with Crippen LogP contribution in [0.2, 0.25) is 0 Å². The average molecular weight is 403 g/mol. The molecule has 0 saturated carbocycles. The van der Waals surface area contributed by atoms with Crippen LogP contribution in [0.15, 0.2) is 60.8 Å². The maximum absolute atomic E-state index is 12.7. The van der Waals surface area contributed by atoms with E-state index in [2.05, 4.69) is 20.4 Å². The highest BCUT2D eigenvalue weighted by atomic mass is 16.5. The largest absolute Gasteiger partial charge is 0.487 e. The molecule has 4 rings (SSSR count). The van der Waals surface area contributed by atoms with E-state index in [1.807, 2.05) is 49.4 Å². The molecule has 152 valence electrons. The third-order valence-electron chi connectivity index (χ3n) is 4.97. The van der Waals surface area contributed by atoms with Gasteiger partial charge in [-0.25, -0.2) is 9.78 Å². The third-order valence-corrected chi connectivity index (χ3v) is 4.97. The Morgan fingerprint density at radius 2 is 1.90 bits per heavy atom. The summed E-state index contributed by atoms with van der Waals surface area (Å²) in [6.45, 7) is 2.29. The summed E-state index contributed by atoms with van der Waals surface area (Å²) >= 11 is 0. The molecule has 7 heteroatoms. The van der Waals surface area contributed by atoms with Crippen molar-refractivity contribution in [2.75, 3.05) is 12.4 Å². The minimum Gasteiger partial charge on any atom is -0.487 e. The number of hydrogen-bond donors (Lipinski definition) is 2. The number of amides is 2. The van der Waals surface area contributed by atoms with Crippen LogP contribution in [0.25, 0.3) is 11.1 Å². The molecule has 2 aromatic carbocycles. The Morgan fingerprint density at radius 1 is 1.10 bits per heavy atom. The Kier molecular flexibility index (Phi) is 5.34. The van der Waals surface area contributed by atoms with E-state index in [0.29, 0.717) is 23.7 Å². The molecule has 30 heavy (non-hydrogen) atoms. The van der Waals surface area contributed by atoms with Crippen LogP contribution < -0.4 is 15.4 Å². The van der Waals surface area contributed by atoms with Gasteiger partial charge in [0.25, 0.3) is 5.91 Å². The van der Waals surface area contributed by atoms with Crippen molar-refractivity contribution in [3.63, 3.8) is 0 Å². The monoisotopic (exact) mass is 403 g/mol. The number of anilines is 1. The minimum absolute atomic E-state index is 0.107. The van der Waals surface area contributed by atoms with Gasteiger partial charge in [-0.15, -0.1) is 0 Å². The maximum atomic E-state index is 12.7. The number of benzene rings is 2. The number of carbonyl (C=O) groups is 2. The summed E-state index contributed by atoms with van der Waals surface area (Å²) in [7, 11) is 1.29. The molecule has 0 bridgehead atoms. The molecule has 1 aliphatic heterocycles. The topological polar surface area (TPSA) is 89.6 Å². The van der Waals surface area contributed by atoms with Gasteiger partial charge in [-0.2, -0.15) is 0 Å². The number of ether oxygens (including phenoxy) is 2. The molecule has 1 aromatic heterocycles. The summed E-state index contributed by atoms with van der Waals surface area (Å²) in [4.78, 5) is 28.4. The summed E-state index contributed by atoms with van der Waals surface area (Å²) in [5.74, 6) is 0.825. The molecule has 2 amide bonds. The zero-order valence-corrected chi connectivity index (χ0v) is 16.6. The molecule has 0 aliphatic carbocycles. The molecule has 0 spiro atoms. The minimum atomic E-state index is -0.598. The van der Waals surface area contributed by atoms with Crippen molar-refractivity contribution in [2.24, 2.45) is 0 Å².